The minimum Gasteiger partial charge on any atom is -0.372 e. The first-order chi connectivity index (χ1) is 10.1. The Kier molecular flexibility index (Phi) is 4.99. The standard InChI is InChI=1S/C18H22N2O.H2/c1-4-14(2)20(3)17-12-8-11-16(13-17)19-18(21)15-9-6-5-7-10-15;/h5-14H,4H2,1-3H3,(H,19,21);1H. The number of nitrogens with one attached hydrogen (secondary N) is 1. The number of nitrogens with zero attached hydrogens (tertiary/aromatic N) is 1. The minimum atomic E-state index is -0.0843. The van der Waals surface area contributed by atoms with Gasteiger partial charge in [-0.15, -0.1) is 0 Å². The van der Waals surface area contributed by atoms with E-state index in [-0.39, 0.29) is 7.33 Å². The van der Waals surface area contributed by atoms with Crippen LogP contribution in [-0.4, -0.2) is 19.0 Å². The van der Waals surface area contributed by atoms with Crippen molar-refractivity contribution in [1.82, 2.24) is 0 Å². The van der Waals surface area contributed by atoms with E-state index in [1.54, 1.807) is 0 Å². The van der Waals surface area contributed by atoms with Gasteiger partial charge in [0.15, 0.2) is 0 Å². The maximum Gasteiger partial charge on any atom is 0.255 e. The molecule has 0 spiro atoms. The predicted octanol–water partition coefficient (Wildman–Crippen LogP) is 4.42. The van der Waals surface area contributed by atoms with Crippen molar-refractivity contribution < 1.29 is 6.22 Å². The van der Waals surface area contributed by atoms with Crippen molar-refractivity contribution in [1.29, 1.82) is 0 Å². The molecule has 0 radical (unpaired) electrons. The van der Waals surface area contributed by atoms with Crippen molar-refractivity contribution in [3.8, 4) is 0 Å². The third-order valence-electron chi connectivity index (χ3n) is 3.80. The van der Waals surface area contributed by atoms with Crippen LogP contribution in [0.2, 0.25) is 0 Å². The molecular weight excluding hydrogens is 260 g/mol. The number of rotatable bonds is 5. The lowest BCUT2D eigenvalue weighted by Gasteiger charge is -2.26. The van der Waals surface area contributed by atoms with Crippen LogP contribution in [-0.2, 0) is 0 Å². The minimum absolute atomic E-state index is 0. The number of carbonyl (C=O) groups excluding carboxylic acids is 1. The second-order valence-corrected chi connectivity index (χ2v) is 5.24. The van der Waals surface area contributed by atoms with Crippen molar-refractivity contribution in [2.45, 2.75) is 26.3 Å². The van der Waals surface area contributed by atoms with Crippen LogP contribution in [0.15, 0.2) is 54.6 Å². The van der Waals surface area contributed by atoms with Gasteiger partial charge in [0.2, 0.25) is 0 Å². The van der Waals surface area contributed by atoms with Crippen LogP contribution < -0.4 is 10.2 Å². The number of hydrogen-bond donors (Lipinski definition) is 1. The van der Waals surface area contributed by atoms with E-state index in [2.05, 4.69) is 37.2 Å². The van der Waals surface area contributed by atoms with E-state index in [1.165, 1.54) is 0 Å². The average Bonchev–Trinajstić information content (AvgIpc) is 2.54. The van der Waals surface area contributed by atoms with E-state index >= 15 is 0 Å². The maximum absolute atomic E-state index is 12.2. The zero-order valence-electron chi connectivity index (χ0n) is 12.8. The molecule has 0 heterocycles. The summed E-state index contributed by atoms with van der Waals surface area (Å²) in [4.78, 5) is 14.4. The molecule has 1 amide bonds. The summed E-state index contributed by atoms with van der Waals surface area (Å²) in [5, 5.41) is 2.94. The molecule has 21 heavy (non-hydrogen) atoms. The van der Waals surface area contributed by atoms with Crippen molar-refractivity contribution in [2.24, 2.45) is 0 Å². The van der Waals surface area contributed by atoms with Gasteiger partial charge in [0.25, 0.3) is 5.91 Å². The Morgan fingerprint density at radius 3 is 2.57 bits per heavy atom. The summed E-state index contributed by atoms with van der Waals surface area (Å²) in [5.74, 6) is -0.0843. The summed E-state index contributed by atoms with van der Waals surface area (Å²) in [6, 6.07) is 17.7. The molecule has 2 rings (SSSR count). The van der Waals surface area contributed by atoms with Gasteiger partial charge in [-0.05, 0) is 43.7 Å². The Balaban J connectivity index is 0.00000242. The van der Waals surface area contributed by atoms with Gasteiger partial charge in [0.05, 0.1) is 0 Å². The highest BCUT2D eigenvalue weighted by Crippen LogP contribution is 2.21. The Morgan fingerprint density at radius 1 is 1.19 bits per heavy atom. The van der Waals surface area contributed by atoms with Gasteiger partial charge in [0.1, 0.15) is 0 Å². The van der Waals surface area contributed by atoms with Crippen LogP contribution in [0.25, 0.3) is 0 Å². The van der Waals surface area contributed by atoms with E-state index in [1.807, 2.05) is 48.5 Å². The summed E-state index contributed by atoms with van der Waals surface area (Å²) in [6.45, 7) is 4.36. The highest BCUT2D eigenvalue weighted by atomic mass is 16.1. The topological polar surface area (TPSA) is 32.3 Å². The van der Waals surface area contributed by atoms with Gasteiger partial charge in [0, 0.05) is 31.5 Å². The molecule has 2 aromatic carbocycles. The van der Waals surface area contributed by atoms with Gasteiger partial charge >= 0.3 is 0 Å². The quantitative estimate of drug-likeness (QED) is 0.881. The van der Waals surface area contributed by atoms with Gasteiger partial charge < -0.3 is 10.2 Å². The van der Waals surface area contributed by atoms with Crippen LogP contribution in [0, 0.1) is 0 Å². The van der Waals surface area contributed by atoms with E-state index < -0.39 is 0 Å². The smallest absolute Gasteiger partial charge is 0.255 e. The molecule has 0 aromatic heterocycles. The van der Waals surface area contributed by atoms with Crippen molar-refractivity contribution in [3.63, 3.8) is 0 Å². The summed E-state index contributed by atoms with van der Waals surface area (Å²) in [6.07, 6.45) is 1.08. The summed E-state index contributed by atoms with van der Waals surface area (Å²) >= 11 is 0. The second-order valence-electron chi connectivity index (χ2n) is 5.24. The molecular formula is C18H24N2O. The monoisotopic (exact) mass is 284 g/mol. The van der Waals surface area contributed by atoms with Crippen LogP contribution in [0.3, 0.4) is 0 Å². The SMILES string of the molecule is CCC(C)N(C)c1cccc(NC(=O)c2ccccc2)c1.[HH]. The van der Waals surface area contributed by atoms with Crippen molar-refractivity contribution in [2.75, 3.05) is 17.3 Å². The Labute approximate surface area is 128 Å². The summed E-state index contributed by atoms with van der Waals surface area (Å²) < 4.78 is 0. The maximum atomic E-state index is 12.2. The largest absolute Gasteiger partial charge is 0.372 e. The fourth-order valence-electron chi connectivity index (χ4n) is 2.12. The van der Waals surface area contributed by atoms with Gasteiger partial charge in [-0.3, -0.25) is 4.79 Å². The Hall–Kier alpha value is -2.29. The third kappa shape index (κ3) is 3.85. The molecule has 3 heteroatoms. The molecule has 112 valence electrons. The number of anilines is 2. The van der Waals surface area contributed by atoms with Crippen molar-refractivity contribution in [3.05, 3.63) is 60.2 Å². The van der Waals surface area contributed by atoms with Crippen LogP contribution >= 0.6 is 0 Å². The van der Waals surface area contributed by atoms with Crippen molar-refractivity contribution >= 4 is 17.3 Å². The number of hydrogen-bond acceptors (Lipinski definition) is 2. The van der Waals surface area contributed by atoms with E-state index in [0.717, 1.165) is 17.8 Å². The molecule has 0 aliphatic carbocycles. The molecule has 0 saturated heterocycles. The molecule has 0 aliphatic heterocycles. The fraction of sp³-hybridized carbons (Fsp3) is 0.278. The predicted molar refractivity (Wildman–Crippen MR) is 91.1 cm³/mol. The van der Waals surface area contributed by atoms with Gasteiger partial charge in [-0.25, -0.2) is 0 Å². The highest BCUT2D eigenvalue weighted by Gasteiger charge is 2.10. The first-order valence-electron chi connectivity index (χ1n) is 7.31. The number of benzene rings is 2. The molecule has 0 fully saturated rings. The van der Waals surface area contributed by atoms with E-state index in [4.69, 9.17) is 0 Å². The van der Waals surface area contributed by atoms with Crippen LogP contribution in [0.4, 0.5) is 11.4 Å². The molecule has 1 atom stereocenters. The van der Waals surface area contributed by atoms with Crippen LogP contribution in [0.1, 0.15) is 32.1 Å². The third-order valence-corrected chi connectivity index (χ3v) is 3.80. The first kappa shape index (κ1) is 15.1. The Bertz CT molecular complexity index is 601. The molecule has 1 N–H and O–H groups in total. The molecule has 2 aromatic rings. The zero-order chi connectivity index (χ0) is 15.2. The molecule has 0 aliphatic rings. The average molecular weight is 284 g/mol. The number of amides is 1. The molecule has 1 unspecified atom stereocenters. The normalized spacial score (nSPS) is 11.8. The summed E-state index contributed by atoms with van der Waals surface area (Å²) in [7, 11) is 2.08. The Morgan fingerprint density at radius 2 is 1.90 bits per heavy atom. The molecule has 3 nitrogen and oxygen atoms in total. The fourth-order valence-corrected chi connectivity index (χ4v) is 2.12. The first-order valence-corrected chi connectivity index (χ1v) is 7.31. The molecule has 0 saturated carbocycles. The molecule has 0 bridgehead atoms. The lowest BCUT2D eigenvalue weighted by molar-refractivity contribution is 0.102. The lowest BCUT2D eigenvalue weighted by Crippen LogP contribution is -2.27. The van der Waals surface area contributed by atoms with Crippen LogP contribution in [0.5, 0.6) is 0 Å². The van der Waals surface area contributed by atoms with E-state index in [0.29, 0.717) is 11.6 Å². The lowest BCUT2D eigenvalue weighted by atomic mass is 10.1. The number of carbonyl (C=O) groups is 1. The van der Waals surface area contributed by atoms with Gasteiger partial charge in [-0.1, -0.05) is 31.2 Å². The second kappa shape index (κ2) is 6.93. The highest BCUT2D eigenvalue weighted by molar-refractivity contribution is 6.04. The summed E-state index contributed by atoms with van der Waals surface area (Å²) in [5.41, 5.74) is 2.59. The zero-order valence-corrected chi connectivity index (χ0v) is 12.8. The van der Waals surface area contributed by atoms with E-state index in [9.17, 15) is 4.79 Å². The van der Waals surface area contributed by atoms with Gasteiger partial charge in [-0.2, -0.15) is 0 Å².